The SMILES string of the molecule is C[C@@H](Nc1ncnc2c1cc(N1CCN(C3COC3)CC1)c(=O)n2CCCCCCC=O)c1cccc(C(F)(F)C2CCNCC2)c1F. The van der Waals surface area contributed by atoms with Gasteiger partial charge in [0, 0.05) is 50.6 Å². The number of alkyl halides is 2. The van der Waals surface area contributed by atoms with Gasteiger partial charge in [0.15, 0.2) is 0 Å². The van der Waals surface area contributed by atoms with Crippen molar-refractivity contribution in [2.24, 2.45) is 5.92 Å². The first-order valence-electron chi connectivity index (χ1n) is 17.3. The number of halogens is 3. The molecule has 0 saturated carbocycles. The number of benzene rings is 1. The average molecular weight is 670 g/mol. The van der Waals surface area contributed by atoms with E-state index >= 15 is 13.2 Å². The third-order valence-corrected chi connectivity index (χ3v) is 10.2. The van der Waals surface area contributed by atoms with Gasteiger partial charge >= 0.3 is 0 Å². The maximum atomic E-state index is 15.9. The Balaban J connectivity index is 1.30. The molecule has 0 amide bonds. The van der Waals surface area contributed by atoms with Crippen LogP contribution in [-0.2, 0) is 22.0 Å². The van der Waals surface area contributed by atoms with Crippen LogP contribution in [0.15, 0.2) is 35.4 Å². The lowest BCUT2D eigenvalue weighted by Crippen LogP contribution is -2.57. The lowest BCUT2D eigenvalue weighted by atomic mass is 9.86. The molecule has 1 aromatic carbocycles. The van der Waals surface area contributed by atoms with E-state index in [0.717, 1.165) is 58.3 Å². The first kappa shape index (κ1) is 34.3. The molecule has 5 heterocycles. The number of carbonyl (C=O) groups excluding carboxylic acids is 1. The normalized spacial score (nSPS) is 19.0. The molecule has 13 heteroatoms. The smallest absolute Gasteiger partial charge is 0.278 e. The predicted molar refractivity (Wildman–Crippen MR) is 179 cm³/mol. The molecule has 3 aliphatic heterocycles. The van der Waals surface area contributed by atoms with E-state index in [1.54, 1.807) is 11.5 Å². The number of piperazine rings is 1. The number of hydrogen-bond acceptors (Lipinski definition) is 9. The number of piperidine rings is 1. The lowest BCUT2D eigenvalue weighted by Gasteiger charge is -2.43. The van der Waals surface area contributed by atoms with E-state index < -0.39 is 29.3 Å². The van der Waals surface area contributed by atoms with E-state index in [2.05, 4.69) is 30.4 Å². The van der Waals surface area contributed by atoms with E-state index in [1.807, 2.05) is 6.07 Å². The quantitative estimate of drug-likeness (QED) is 0.184. The van der Waals surface area contributed by atoms with Crippen LogP contribution in [0.3, 0.4) is 0 Å². The van der Waals surface area contributed by atoms with Crippen LogP contribution in [0, 0.1) is 11.7 Å². The summed E-state index contributed by atoms with van der Waals surface area (Å²) in [5.74, 6) is -4.74. The average Bonchev–Trinajstić information content (AvgIpc) is 3.07. The summed E-state index contributed by atoms with van der Waals surface area (Å²) in [7, 11) is 0. The summed E-state index contributed by atoms with van der Waals surface area (Å²) >= 11 is 0. The largest absolute Gasteiger partial charge is 0.378 e. The molecule has 0 radical (unpaired) electrons. The zero-order chi connectivity index (χ0) is 33.7. The third-order valence-electron chi connectivity index (χ3n) is 10.2. The van der Waals surface area contributed by atoms with Crippen LogP contribution < -0.4 is 21.1 Å². The van der Waals surface area contributed by atoms with Gasteiger partial charge in [0.05, 0.1) is 36.2 Å². The molecule has 3 saturated heterocycles. The molecule has 0 aliphatic carbocycles. The first-order chi connectivity index (χ1) is 23.3. The van der Waals surface area contributed by atoms with Gasteiger partial charge in [0.2, 0.25) is 0 Å². The second-order valence-electron chi connectivity index (χ2n) is 13.3. The highest BCUT2D eigenvalue weighted by molar-refractivity contribution is 5.89. The number of aromatic nitrogens is 3. The second kappa shape index (κ2) is 15.3. The van der Waals surface area contributed by atoms with E-state index in [9.17, 15) is 9.59 Å². The highest BCUT2D eigenvalue weighted by Crippen LogP contribution is 2.43. The topological polar surface area (TPSA) is 105 Å². The maximum absolute atomic E-state index is 15.9. The minimum absolute atomic E-state index is 0.118. The van der Waals surface area contributed by atoms with Crippen LogP contribution in [-0.4, -0.2) is 84.2 Å². The Bertz CT molecular complexity index is 1620. The van der Waals surface area contributed by atoms with Crippen molar-refractivity contribution in [2.75, 3.05) is 62.7 Å². The summed E-state index contributed by atoms with van der Waals surface area (Å²) in [6.45, 7) is 7.59. The van der Waals surface area contributed by atoms with Crippen LogP contribution in [0.4, 0.5) is 24.7 Å². The fourth-order valence-electron chi connectivity index (χ4n) is 7.16. The lowest BCUT2D eigenvalue weighted by molar-refractivity contribution is -0.107. The Hall–Kier alpha value is -3.55. The summed E-state index contributed by atoms with van der Waals surface area (Å²) in [6, 6.07) is 5.73. The molecule has 6 rings (SSSR count). The standard InChI is InChI=1S/C35H46F3N7O3/c1-24(27-8-7-9-29(31(27)36)35(37,38)25-10-12-39-13-11-25)42-32-28-20-30(44-17-15-43(16-18-44)26-21-48-22-26)34(47)45(33(28)41-23-40-32)14-5-3-2-4-6-19-46/h7-9,19-20,23-26,39H,2-6,10-18,21-22H2,1H3,(H,40,41,42)/t24-/m1/s1. The molecule has 2 N–H and O–H groups in total. The molecule has 2 aromatic heterocycles. The van der Waals surface area contributed by atoms with Crippen LogP contribution in [0.5, 0.6) is 0 Å². The molecular weight excluding hydrogens is 623 g/mol. The van der Waals surface area contributed by atoms with Gasteiger partial charge in [0.1, 0.15) is 35.6 Å². The number of aryl methyl sites for hydroxylation is 1. The molecule has 1 atom stereocenters. The van der Waals surface area contributed by atoms with Gasteiger partial charge in [-0.3, -0.25) is 14.3 Å². The van der Waals surface area contributed by atoms with Gasteiger partial charge in [-0.1, -0.05) is 31.0 Å². The number of fused-ring (bicyclic) bond motifs is 1. The first-order valence-corrected chi connectivity index (χ1v) is 17.3. The summed E-state index contributed by atoms with van der Waals surface area (Å²) in [4.78, 5) is 38.3. The maximum Gasteiger partial charge on any atom is 0.278 e. The van der Waals surface area contributed by atoms with Crippen molar-refractivity contribution in [1.82, 2.24) is 24.8 Å². The van der Waals surface area contributed by atoms with Crippen molar-refractivity contribution in [3.63, 3.8) is 0 Å². The molecule has 0 unspecified atom stereocenters. The molecule has 10 nitrogen and oxygen atoms in total. The number of anilines is 2. The van der Waals surface area contributed by atoms with Crippen molar-refractivity contribution >= 4 is 28.8 Å². The van der Waals surface area contributed by atoms with E-state index in [1.165, 1.54) is 24.5 Å². The molecule has 0 spiro atoms. The number of hydrogen-bond donors (Lipinski definition) is 2. The molecule has 3 aromatic rings. The molecule has 48 heavy (non-hydrogen) atoms. The number of ether oxygens (including phenoxy) is 1. The molecule has 3 fully saturated rings. The zero-order valence-electron chi connectivity index (χ0n) is 27.6. The highest BCUT2D eigenvalue weighted by atomic mass is 19.3. The van der Waals surface area contributed by atoms with E-state index in [-0.39, 0.29) is 24.0 Å². The Labute approximate surface area is 279 Å². The minimum atomic E-state index is -3.29. The Morgan fingerprint density at radius 2 is 1.83 bits per heavy atom. The summed E-state index contributed by atoms with van der Waals surface area (Å²) in [5.41, 5.74) is 0.414. The van der Waals surface area contributed by atoms with Crippen molar-refractivity contribution in [3.8, 4) is 0 Å². The Morgan fingerprint density at radius 3 is 2.54 bits per heavy atom. The summed E-state index contributed by atoms with van der Waals surface area (Å²) in [5, 5.41) is 6.97. The van der Waals surface area contributed by atoms with Gasteiger partial charge < -0.3 is 25.1 Å². The van der Waals surface area contributed by atoms with Crippen LogP contribution in [0.2, 0.25) is 0 Å². The van der Waals surface area contributed by atoms with E-state index in [0.29, 0.717) is 67.7 Å². The Morgan fingerprint density at radius 1 is 1.08 bits per heavy atom. The van der Waals surface area contributed by atoms with Crippen LogP contribution >= 0.6 is 0 Å². The van der Waals surface area contributed by atoms with Gasteiger partial charge in [-0.2, -0.15) is 0 Å². The minimum Gasteiger partial charge on any atom is -0.378 e. The van der Waals surface area contributed by atoms with E-state index in [4.69, 9.17) is 4.74 Å². The molecule has 260 valence electrons. The van der Waals surface area contributed by atoms with Crippen LogP contribution in [0.1, 0.15) is 69.0 Å². The fraction of sp³-hybridized carbons (Fsp3) is 0.600. The highest BCUT2D eigenvalue weighted by Gasteiger charge is 2.44. The van der Waals surface area contributed by atoms with Crippen molar-refractivity contribution in [2.45, 2.75) is 76.4 Å². The van der Waals surface area contributed by atoms with Gasteiger partial charge in [-0.15, -0.1) is 0 Å². The number of carbonyl (C=O) groups is 1. The van der Waals surface area contributed by atoms with Gasteiger partial charge in [0.25, 0.3) is 11.5 Å². The Kier molecular flexibility index (Phi) is 11.0. The molecule has 3 aliphatic rings. The molecular formula is C35H46F3N7O3. The van der Waals surface area contributed by atoms with Crippen molar-refractivity contribution in [3.05, 3.63) is 57.9 Å². The number of nitrogens with zero attached hydrogens (tertiary/aromatic N) is 5. The third kappa shape index (κ3) is 7.23. The number of aldehydes is 1. The van der Waals surface area contributed by atoms with Gasteiger partial charge in [-0.05, 0) is 51.8 Å². The zero-order valence-corrected chi connectivity index (χ0v) is 27.6. The summed E-state index contributed by atoms with van der Waals surface area (Å²) < 4.78 is 54.2. The number of nitrogens with one attached hydrogen (secondary N) is 2. The van der Waals surface area contributed by atoms with Crippen LogP contribution in [0.25, 0.3) is 11.0 Å². The van der Waals surface area contributed by atoms with Crippen molar-refractivity contribution < 1.29 is 22.7 Å². The predicted octanol–water partition coefficient (Wildman–Crippen LogP) is 4.87. The van der Waals surface area contributed by atoms with Gasteiger partial charge in [-0.25, -0.2) is 23.1 Å². The number of rotatable bonds is 14. The fourth-order valence-corrected chi connectivity index (χ4v) is 7.16. The summed E-state index contributed by atoms with van der Waals surface area (Å²) in [6.07, 6.45) is 6.68. The monoisotopic (exact) mass is 669 g/mol. The number of unbranched alkanes of at least 4 members (excludes halogenated alkanes) is 4. The second-order valence-corrected chi connectivity index (χ2v) is 13.3. The number of pyridine rings is 1. The van der Waals surface area contributed by atoms with Crippen molar-refractivity contribution in [1.29, 1.82) is 0 Å². The molecule has 0 bridgehead atoms.